The highest BCUT2D eigenvalue weighted by Gasteiger charge is 2.03. The molecule has 0 unspecified atom stereocenters. The van der Waals surface area contributed by atoms with Gasteiger partial charge in [0.2, 0.25) is 0 Å². The highest BCUT2D eigenvalue weighted by molar-refractivity contribution is 7.07. The molecule has 0 saturated heterocycles. The number of guanidine groups is 1. The summed E-state index contributed by atoms with van der Waals surface area (Å²) >= 11 is 1.68. The predicted octanol–water partition coefficient (Wildman–Crippen LogP) is 2.98. The van der Waals surface area contributed by atoms with E-state index in [0.29, 0.717) is 0 Å². The Hall–Kier alpha value is -2.67. The van der Waals surface area contributed by atoms with Crippen molar-refractivity contribution in [3.05, 3.63) is 70.4 Å². The van der Waals surface area contributed by atoms with Crippen molar-refractivity contribution in [2.45, 2.75) is 13.0 Å². The van der Waals surface area contributed by atoms with Crippen molar-refractivity contribution in [3.8, 4) is 5.69 Å². The van der Waals surface area contributed by atoms with Gasteiger partial charge in [-0.2, -0.15) is 16.4 Å². The summed E-state index contributed by atoms with van der Waals surface area (Å²) in [4.78, 5) is 4.22. The van der Waals surface area contributed by atoms with E-state index < -0.39 is 0 Å². The van der Waals surface area contributed by atoms with Crippen LogP contribution in [0.1, 0.15) is 11.3 Å². The summed E-state index contributed by atoms with van der Waals surface area (Å²) < 4.78 is 14.7. The van der Waals surface area contributed by atoms with Crippen LogP contribution < -0.4 is 10.6 Å². The molecule has 2 heterocycles. The van der Waals surface area contributed by atoms with E-state index in [1.165, 1.54) is 17.7 Å². The number of hydrogen-bond donors (Lipinski definition) is 2. The maximum atomic E-state index is 13.0. The summed E-state index contributed by atoms with van der Waals surface area (Å²) in [6, 6.07) is 10.3. The highest BCUT2D eigenvalue weighted by atomic mass is 32.1. The molecule has 0 spiro atoms. The molecule has 7 heteroatoms. The van der Waals surface area contributed by atoms with Gasteiger partial charge in [-0.05, 0) is 52.7 Å². The third-order valence-corrected chi connectivity index (χ3v) is 4.40. The van der Waals surface area contributed by atoms with Crippen LogP contribution in [-0.4, -0.2) is 29.3 Å². The van der Waals surface area contributed by atoms with Crippen LogP contribution in [0.15, 0.2) is 58.3 Å². The maximum Gasteiger partial charge on any atom is 0.191 e. The molecule has 0 aliphatic heterocycles. The average molecular weight is 357 g/mol. The van der Waals surface area contributed by atoms with Crippen LogP contribution in [0.5, 0.6) is 0 Å². The Kier molecular flexibility index (Phi) is 5.79. The van der Waals surface area contributed by atoms with Gasteiger partial charge in [0.1, 0.15) is 5.82 Å². The zero-order valence-electron chi connectivity index (χ0n) is 13.9. The Morgan fingerprint density at radius 2 is 2.04 bits per heavy atom. The maximum absolute atomic E-state index is 13.0. The number of aliphatic imine (C=N–C) groups is 1. The summed E-state index contributed by atoms with van der Waals surface area (Å²) in [5.41, 5.74) is 3.05. The number of thiophene rings is 1. The molecule has 5 nitrogen and oxygen atoms in total. The second kappa shape index (κ2) is 8.43. The summed E-state index contributed by atoms with van der Waals surface area (Å²) in [6.07, 6.45) is 2.65. The molecule has 25 heavy (non-hydrogen) atoms. The van der Waals surface area contributed by atoms with Crippen LogP contribution in [0, 0.1) is 5.82 Å². The Morgan fingerprint density at radius 1 is 1.20 bits per heavy atom. The van der Waals surface area contributed by atoms with Crippen molar-refractivity contribution in [2.75, 3.05) is 13.6 Å². The Bertz CT molecular complexity index is 808. The fourth-order valence-electron chi connectivity index (χ4n) is 2.34. The van der Waals surface area contributed by atoms with Crippen LogP contribution in [0.4, 0.5) is 4.39 Å². The van der Waals surface area contributed by atoms with Gasteiger partial charge in [-0.15, -0.1) is 0 Å². The van der Waals surface area contributed by atoms with E-state index in [9.17, 15) is 4.39 Å². The summed E-state index contributed by atoms with van der Waals surface area (Å²) in [5.74, 6) is 0.519. The number of nitrogens with zero attached hydrogens (tertiary/aromatic N) is 3. The first-order valence-electron chi connectivity index (χ1n) is 8.00. The van der Waals surface area contributed by atoms with Gasteiger partial charge in [0.25, 0.3) is 0 Å². The van der Waals surface area contributed by atoms with Crippen LogP contribution >= 0.6 is 11.3 Å². The number of benzene rings is 1. The molecule has 0 radical (unpaired) electrons. The molecule has 1 aromatic carbocycles. The van der Waals surface area contributed by atoms with E-state index in [1.807, 2.05) is 12.3 Å². The van der Waals surface area contributed by atoms with Crippen molar-refractivity contribution in [3.63, 3.8) is 0 Å². The number of halogens is 1. The predicted molar refractivity (Wildman–Crippen MR) is 99.7 cm³/mol. The van der Waals surface area contributed by atoms with Gasteiger partial charge in [0.05, 0.1) is 11.4 Å². The molecule has 0 saturated carbocycles. The van der Waals surface area contributed by atoms with Crippen molar-refractivity contribution in [2.24, 2.45) is 4.99 Å². The second-order valence-corrected chi connectivity index (χ2v) is 6.24. The SMILES string of the molecule is CN=C(NCCc1ccn(-c2ccc(F)cc2)n1)NCc1ccsc1. The normalized spacial score (nSPS) is 11.5. The first-order valence-corrected chi connectivity index (χ1v) is 8.95. The first-order chi connectivity index (χ1) is 12.2. The fraction of sp³-hybridized carbons (Fsp3) is 0.222. The Labute approximate surface area is 150 Å². The van der Waals surface area contributed by atoms with Crippen LogP contribution in [-0.2, 0) is 13.0 Å². The van der Waals surface area contributed by atoms with E-state index in [4.69, 9.17) is 0 Å². The molecule has 0 amide bonds. The van der Waals surface area contributed by atoms with Crippen molar-refractivity contribution >= 4 is 17.3 Å². The molecule has 0 bridgehead atoms. The van der Waals surface area contributed by atoms with Crippen molar-refractivity contribution in [1.82, 2.24) is 20.4 Å². The topological polar surface area (TPSA) is 54.2 Å². The van der Waals surface area contributed by atoms with Crippen LogP contribution in [0.2, 0.25) is 0 Å². The molecule has 130 valence electrons. The minimum atomic E-state index is -0.248. The standard InChI is InChI=1S/C18H20FN5S/c1-20-18(22-12-14-8-11-25-13-14)21-9-6-16-7-10-24(23-16)17-4-2-15(19)3-5-17/h2-5,7-8,10-11,13H,6,9,12H2,1H3,(H2,20,21,22). The number of nitrogens with one attached hydrogen (secondary N) is 2. The van der Waals surface area contributed by atoms with Crippen LogP contribution in [0.3, 0.4) is 0 Å². The van der Waals surface area contributed by atoms with Gasteiger partial charge in [0.15, 0.2) is 5.96 Å². The van der Waals surface area contributed by atoms with E-state index >= 15 is 0 Å². The molecule has 0 atom stereocenters. The lowest BCUT2D eigenvalue weighted by molar-refractivity contribution is 0.627. The van der Waals surface area contributed by atoms with E-state index in [2.05, 4.69) is 37.6 Å². The molecule has 0 fully saturated rings. The minimum Gasteiger partial charge on any atom is -0.356 e. The number of aromatic nitrogens is 2. The number of hydrogen-bond acceptors (Lipinski definition) is 3. The van der Waals surface area contributed by atoms with Gasteiger partial charge in [-0.1, -0.05) is 0 Å². The lowest BCUT2D eigenvalue weighted by atomic mass is 10.3. The smallest absolute Gasteiger partial charge is 0.191 e. The quantitative estimate of drug-likeness (QED) is 0.527. The minimum absolute atomic E-state index is 0.248. The highest BCUT2D eigenvalue weighted by Crippen LogP contribution is 2.09. The Balaban J connectivity index is 1.47. The van der Waals surface area contributed by atoms with Gasteiger partial charge in [0, 0.05) is 32.8 Å². The van der Waals surface area contributed by atoms with Crippen molar-refractivity contribution < 1.29 is 4.39 Å². The molecule has 0 aliphatic carbocycles. The second-order valence-electron chi connectivity index (χ2n) is 5.46. The monoisotopic (exact) mass is 357 g/mol. The largest absolute Gasteiger partial charge is 0.356 e. The fourth-order valence-corrected chi connectivity index (χ4v) is 3.01. The van der Waals surface area contributed by atoms with Gasteiger partial charge >= 0.3 is 0 Å². The van der Waals surface area contributed by atoms with Crippen molar-refractivity contribution in [1.29, 1.82) is 0 Å². The van der Waals surface area contributed by atoms with E-state index in [1.54, 1.807) is 35.2 Å². The molecular weight excluding hydrogens is 337 g/mol. The molecule has 0 aliphatic rings. The lowest BCUT2D eigenvalue weighted by Crippen LogP contribution is -2.37. The Morgan fingerprint density at radius 3 is 2.76 bits per heavy atom. The molecule has 2 aromatic heterocycles. The lowest BCUT2D eigenvalue weighted by Gasteiger charge is -2.10. The average Bonchev–Trinajstić information content (AvgIpc) is 3.30. The van der Waals surface area contributed by atoms with Gasteiger partial charge in [-0.25, -0.2) is 9.07 Å². The third-order valence-electron chi connectivity index (χ3n) is 3.67. The zero-order chi connectivity index (χ0) is 17.5. The first kappa shape index (κ1) is 17.2. The van der Waals surface area contributed by atoms with Gasteiger partial charge < -0.3 is 10.6 Å². The number of rotatable bonds is 6. The molecule has 3 aromatic rings. The van der Waals surface area contributed by atoms with E-state index in [-0.39, 0.29) is 5.82 Å². The molecular formula is C18H20FN5S. The summed E-state index contributed by atoms with van der Waals surface area (Å²) in [6.45, 7) is 1.48. The zero-order valence-corrected chi connectivity index (χ0v) is 14.8. The third kappa shape index (κ3) is 4.90. The van der Waals surface area contributed by atoms with E-state index in [0.717, 1.165) is 36.9 Å². The summed E-state index contributed by atoms with van der Waals surface area (Å²) in [5, 5.41) is 15.2. The molecule has 3 rings (SSSR count). The van der Waals surface area contributed by atoms with Crippen LogP contribution in [0.25, 0.3) is 5.69 Å². The molecule has 2 N–H and O–H groups in total. The summed E-state index contributed by atoms with van der Waals surface area (Å²) in [7, 11) is 1.76. The van der Waals surface area contributed by atoms with Gasteiger partial charge in [-0.3, -0.25) is 4.99 Å².